The minimum Gasteiger partial charge on any atom is -0.386 e. The maximum atomic E-state index is 5.97. The van der Waals surface area contributed by atoms with E-state index in [0.717, 1.165) is 5.19 Å². The maximum absolute atomic E-state index is 5.97. The Bertz CT molecular complexity index is 346. The van der Waals surface area contributed by atoms with E-state index in [2.05, 4.69) is 6.58 Å². The Kier molecular flexibility index (Phi) is 7.62. The fourth-order valence-electron chi connectivity index (χ4n) is 1.67. The van der Waals surface area contributed by atoms with Crippen LogP contribution in [0.4, 0.5) is 0 Å². The molecular formula is C14H22O4Si. The van der Waals surface area contributed by atoms with Gasteiger partial charge < -0.3 is 18.3 Å². The minimum atomic E-state index is -2.62. The smallest absolute Gasteiger partial charge is 0.386 e. The summed E-state index contributed by atoms with van der Waals surface area (Å²) in [5, 5.41) is 1.04. The Morgan fingerprint density at radius 2 is 1.47 bits per heavy atom. The van der Waals surface area contributed by atoms with Crippen LogP contribution in [0.2, 0.25) is 0 Å². The molecule has 0 N–H and O–H groups in total. The normalized spacial score (nSPS) is 11.5. The van der Waals surface area contributed by atoms with Crippen LogP contribution in [-0.2, 0) is 18.3 Å². The fourth-order valence-corrected chi connectivity index (χ4v) is 3.99. The lowest BCUT2D eigenvalue weighted by Gasteiger charge is -2.27. The zero-order valence-electron chi connectivity index (χ0n) is 11.6. The van der Waals surface area contributed by atoms with Crippen LogP contribution in [0.15, 0.2) is 42.6 Å². The van der Waals surface area contributed by atoms with Crippen LogP contribution in [0.1, 0.15) is 0 Å². The second-order valence-electron chi connectivity index (χ2n) is 3.92. The highest BCUT2D eigenvalue weighted by atomic mass is 28.4. The summed E-state index contributed by atoms with van der Waals surface area (Å²) >= 11 is 0. The van der Waals surface area contributed by atoms with Crippen LogP contribution in [-0.4, -0.2) is 49.2 Å². The van der Waals surface area contributed by atoms with Gasteiger partial charge in [0.05, 0.1) is 26.4 Å². The molecule has 1 aromatic rings. The van der Waals surface area contributed by atoms with Gasteiger partial charge in [0.2, 0.25) is 0 Å². The highest BCUT2D eigenvalue weighted by molar-refractivity contribution is 6.85. The van der Waals surface area contributed by atoms with Crippen LogP contribution in [0, 0.1) is 0 Å². The van der Waals surface area contributed by atoms with Gasteiger partial charge in [-0.05, 0) is 10.9 Å². The summed E-state index contributed by atoms with van der Waals surface area (Å²) in [6.07, 6.45) is 0. The lowest BCUT2D eigenvalue weighted by atomic mass is 10.4. The van der Waals surface area contributed by atoms with E-state index in [1.54, 1.807) is 19.9 Å². The van der Waals surface area contributed by atoms with Crippen LogP contribution >= 0.6 is 0 Å². The van der Waals surface area contributed by atoms with Crippen molar-refractivity contribution in [2.75, 3.05) is 40.6 Å². The molecule has 19 heavy (non-hydrogen) atoms. The van der Waals surface area contributed by atoms with Crippen molar-refractivity contribution < 1.29 is 18.3 Å². The van der Waals surface area contributed by atoms with Gasteiger partial charge in [0, 0.05) is 14.2 Å². The molecule has 5 heteroatoms. The molecule has 1 aromatic carbocycles. The lowest BCUT2D eigenvalue weighted by molar-refractivity contribution is 0.0965. The lowest BCUT2D eigenvalue weighted by Crippen LogP contribution is -2.53. The van der Waals surface area contributed by atoms with Gasteiger partial charge in [0.25, 0.3) is 0 Å². The molecule has 0 aliphatic carbocycles. The monoisotopic (exact) mass is 282 g/mol. The van der Waals surface area contributed by atoms with Crippen LogP contribution in [0.5, 0.6) is 0 Å². The number of hydrogen-bond acceptors (Lipinski definition) is 4. The third-order valence-corrected chi connectivity index (χ3v) is 5.59. The summed E-state index contributed by atoms with van der Waals surface area (Å²) in [6.45, 7) is 5.92. The third-order valence-electron chi connectivity index (χ3n) is 2.65. The van der Waals surface area contributed by atoms with Crippen molar-refractivity contribution in [1.82, 2.24) is 0 Å². The van der Waals surface area contributed by atoms with Gasteiger partial charge in [-0.2, -0.15) is 0 Å². The number of benzene rings is 1. The molecular weight excluding hydrogens is 260 g/mol. The van der Waals surface area contributed by atoms with E-state index in [1.165, 1.54) is 0 Å². The van der Waals surface area contributed by atoms with Crippen LogP contribution in [0.3, 0.4) is 0 Å². The molecule has 0 radical (unpaired) electrons. The Morgan fingerprint density at radius 3 is 1.89 bits per heavy atom. The largest absolute Gasteiger partial charge is 0.399 e. The van der Waals surface area contributed by atoms with Crippen molar-refractivity contribution in [3.8, 4) is 0 Å². The molecule has 0 aromatic heterocycles. The Hall–Kier alpha value is -0.983. The molecule has 106 valence electrons. The molecule has 4 nitrogen and oxygen atoms in total. The van der Waals surface area contributed by atoms with Gasteiger partial charge in [-0.15, -0.1) is 6.58 Å². The summed E-state index contributed by atoms with van der Waals surface area (Å²) in [7, 11) is 0.679. The number of ether oxygens (including phenoxy) is 2. The van der Waals surface area contributed by atoms with E-state index in [1.807, 2.05) is 30.3 Å². The van der Waals surface area contributed by atoms with Gasteiger partial charge in [0.1, 0.15) is 0 Å². The molecule has 0 bridgehead atoms. The van der Waals surface area contributed by atoms with E-state index >= 15 is 0 Å². The molecule has 0 saturated heterocycles. The van der Waals surface area contributed by atoms with Crippen molar-refractivity contribution in [2.45, 2.75) is 0 Å². The van der Waals surface area contributed by atoms with E-state index in [-0.39, 0.29) is 0 Å². The van der Waals surface area contributed by atoms with Gasteiger partial charge in [-0.1, -0.05) is 30.3 Å². The molecule has 0 aliphatic heterocycles. The van der Waals surface area contributed by atoms with E-state index in [4.69, 9.17) is 18.3 Å². The molecule has 0 spiro atoms. The standard InChI is InChI=1S/C14H22O4Si/c1-4-19(17-12-10-15-2,18-13-11-16-3)14-8-6-5-7-9-14/h4-9H,1,10-13H2,2-3H3. The zero-order chi connectivity index (χ0) is 14.0. The first-order chi connectivity index (χ1) is 9.29. The van der Waals surface area contributed by atoms with Crippen molar-refractivity contribution in [3.05, 3.63) is 42.6 Å². The molecule has 0 fully saturated rings. The molecule has 0 saturated carbocycles. The Balaban J connectivity index is 2.82. The quantitative estimate of drug-likeness (QED) is 0.480. The van der Waals surface area contributed by atoms with E-state index < -0.39 is 8.56 Å². The Morgan fingerprint density at radius 1 is 0.947 bits per heavy atom. The second kappa shape index (κ2) is 9.01. The predicted molar refractivity (Wildman–Crippen MR) is 77.7 cm³/mol. The van der Waals surface area contributed by atoms with Crippen molar-refractivity contribution >= 4 is 13.7 Å². The zero-order valence-corrected chi connectivity index (χ0v) is 12.6. The Labute approximate surface area is 116 Å². The average molecular weight is 282 g/mol. The number of methoxy groups -OCH3 is 2. The fraction of sp³-hybridized carbons (Fsp3) is 0.429. The van der Waals surface area contributed by atoms with Crippen molar-refractivity contribution in [3.63, 3.8) is 0 Å². The maximum Gasteiger partial charge on any atom is 0.399 e. The predicted octanol–water partition coefficient (Wildman–Crippen LogP) is 1.39. The third kappa shape index (κ3) is 4.89. The summed E-state index contributed by atoms with van der Waals surface area (Å²) in [5.41, 5.74) is 1.80. The molecule has 0 amide bonds. The number of rotatable bonds is 10. The SMILES string of the molecule is C=C[Si](OCCOC)(OCCOC)c1ccccc1. The van der Waals surface area contributed by atoms with Gasteiger partial charge in [-0.3, -0.25) is 0 Å². The van der Waals surface area contributed by atoms with Crippen LogP contribution in [0.25, 0.3) is 0 Å². The van der Waals surface area contributed by atoms with E-state index in [0.29, 0.717) is 26.4 Å². The minimum absolute atomic E-state index is 0.483. The summed E-state index contributed by atoms with van der Waals surface area (Å²) < 4.78 is 22.0. The summed E-state index contributed by atoms with van der Waals surface area (Å²) in [4.78, 5) is 0. The molecule has 0 heterocycles. The van der Waals surface area contributed by atoms with Gasteiger partial charge >= 0.3 is 8.56 Å². The van der Waals surface area contributed by atoms with Crippen molar-refractivity contribution in [1.29, 1.82) is 0 Å². The summed E-state index contributed by atoms with van der Waals surface area (Å²) in [6, 6.07) is 9.93. The summed E-state index contributed by atoms with van der Waals surface area (Å²) in [5.74, 6) is 0. The van der Waals surface area contributed by atoms with Crippen molar-refractivity contribution in [2.24, 2.45) is 0 Å². The first-order valence-corrected chi connectivity index (χ1v) is 8.13. The first-order valence-electron chi connectivity index (χ1n) is 6.24. The highest BCUT2D eigenvalue weighted by Gasteiger charge is 2.36. The van der Waals surface area contributed by atoms with Gasteiger partial charge in [-0.25, -0.2) is 0 Å². The topological polar surface area (TPSA) is 36.9 Å². The second-order valence-corrected chi connectivity index (χ2v) is 6.82. The molecule has 0 aliphatic rings. The van der Waals surface area contributed by atoms with Crippen LogP contribution < -0.4 is 5.19 Å². The average Bonchev–Trinajstić information content (AvgIpc) is 2.47. The number of hydrogen-bond donors (Lipinski definition) is 0. The van der Waals surface area contributed by atoms with Gasteiger partial charge in [0.15, 0.2) is 0 Å². The first kappa shape index (κ1) is 16.1. The molecule has 0 atom stereocenters. The highest BCUT2D eigenvalue weighted by Crippen LogP contribution is 2.10. The molecule has 1 rings (SSSR count). The van der Waals surface area contributed by atoms with E-state index in [9.17, 15) is 0 Å². The molecule has 0 unspecified atom stereocenters.